The normalized spacial score (nSPS) is 13.0. The van der Waals surface area contributed by atoms with Crippen molar-refractivity contribution in [1.29, 1.82) is 0 Å². The number of benzene rings is 3. The van der Waals surface area contributed by atoms with Crippen molar-refractivity contribution < 1.29 is 37.0 Å². The fraction of sp³-hybridized carbons (Fsp3) is 0.321. The number of hydroxylamine groups is 1. The Morgan fingerprint density at radius 1 is 0.947 bits per heavy atom. The summed E-state index contributed by atoms with van der Waals surface area (Å²) in [6.45, 7) is 3.92. The van der Waals surface area contributed by atoms with Gasteiger partial charge in [0, 0.05) is 6.07 Å². The van der Waals surface area contributed by atoms with Crippen LogP contribution in [0, 0.1) is 17.7 Å². The Labute approximate surface area is 222 Å². The summed E-state index contributed by atoms with van der Waals surface area (Å²) in [5.41, 5.74) is 2.75. The lowest BCUT2D eigenvalue weighted by Gasteiger charge is -2.27. The molecule has 0 aliphatic rings. The third kappa shape index (κ3) is 6.81. The van der Waals surface area contributed by atoms with Gasteiger partial charge in [0.1, 0.15) is 23.4 Å². The molecule has 3 aromatic rings. The molecule has 38 heavy (non-hydrogen) atoms. The Bertz CT molecular complexity index is 1330. The molecule has 2 atom stereocenters. The summed E-state index contributed by atoms with van der Waals surface area (Å²) in [5, 5.41) is 8.15. The number of nitrogens with one attached hydrogen (secondary N) is 1. The van der Waals surface area contributed by atoms with Crippen LogP contribution in [0.4, 0.5) is 4.39 Å². The molecule has 0 saturated carbocycles. The minimum absolute atomic E-state index is 0.0429. The second-order valence-corrected chi connectivity index (χ2v) is 11.2. The van der Waals surface area contributed by atoms with Gasteiger partial charge >= 0.3 is 0 Å². The summed E-state index contributed by atoms with van der Waals surface area (Å²) in [4.78, 5) is 12.7. The van der Waals surface area contributed by atoms with Crippen molar-refractivity contribution >= 4 is 15.7 Å². The molecule has 0 aromatic heterocycles. The van der Waals surface area contributed by atoms with E-state index in [0.29, 0.717) is 17.1 Å². The van der Waals surface area contributed by atoms with Crippen LogP contribution >= 0.6 is 0 Å². The van der Waals surface area contributed by atoms with E-state index in [1.54, 1.807) is 41.9 Å². The van der Waals surface area contributed by atoms with Crippen molar-refractivity contribution in [1.82, 2.24) is 5.48 Å². The summed E-state index contributed by atoms with van der Waals surface area (Å²) in [7, 11) is -1.32. The molecule has 8 nitrogen and oxygen atoms in total. The van der Waals surface area contributed by atoms with E-state index < -0.39 is 26.9 Å². The van der Waals surface area contributed by atoms with E-state index in [0.717, 1.165) is 5.56 Å². The molecule has 3 aromatic carbocycles. The zero-order chi connectivity index (χ0) is 27.9. The Morgan fingerprint density at radius 3 is 2.13 bits per heavy atom. The van der Waals surface area contributed by atoms with Gasteiger partial charge < -0.3 is 14.2 Å². The second kappa shape index (κ2) is 12.7. The van der Waals surface area contributed by atoms with Crippen molar-refractivity contribution in [3.8, 4) is 17.2 Å². The lowest BCUT2D eigenvalue weighted by molar-refractivity contribution is -0.134. The van der Waals surface area contributed by atoms with Crippen molar-refractivity contribution in [3.63, 3.8) is 0 Å². The first kappa shape index (κ1) is 28.9. The lowest BCUT2D eigenvalue weighted by Crippen LogP contribution is -2.36. The van der Waals surface area contributed by atoms with Gasteiger partial charge in [0.25, 0.3) is 0 Å². The first-order valence-electron chi connectivity index (χ1n) is 12.0. The van der Waals surface area contributed by atoms with Gasteiger partial charge in [0.2, 0.25) is 5.91 Å². The SMILES string of the molecule is COc1ccc(S(=O)(=O)C(c2ccc(OCc3ccc(F)cc3)cc2)C(CC(C)C)C(=O)NO)cc1OC. The number of carbonyl (C=O) groups excluding carboxylic acids is 1. The average Bonchev–Trinajstić information content (AvgIpc) is 2.91. The minimum atomic E-state index is -4.17. The highest BCUT2D eigenvalue weighted by Crippen LogP contribution is 2.41. The van der Waals surface area contributed by atoms with Crippen LogP contribution in [0.5, 0.6) is 17.2 Å². The molecule has 204 valence electrons. The summed E-state index contributed by atoms with van der Waals surface area (Å²) in [5.74, 6) is -1.23. The monoisotopic (exact) mass is 545 g/mol. The van der Waals surface area contributed by atoms with E-state index in [2.05, 4.69) is 0 Å². The van der Waals surface area contributed by atoms with Crippen LogP contribution in [0.1, 0.15) is 36.6 Å². The molecule has 0 spiro atoms. The smallest absolute Gasteiger partial charge is 0.248 e. The zero-order valence-electron chi connectivity index (χ0n) is 21.7. The lowest BCUT2D eigenvalue weighted by atomic mass is 9.89. The van der Waals surface area contributed by atoms with Crippen molar-refractivity contribution in [2.45, 2.75) is 37.0 Å². The number of hydrogen-bond acceptors (Lipinski definition) is 7. The van der Waals surface area contributed by atoms with Gasteiger partial charge in [0.15, 0.2) is 21.3 Å². The van der Waals surface area contributed by atoms with E-state index >= 15 is 0 Å². The number of sulfone groups is 1. The third-order valence-corrected chi connectivity index (χ3v) is 8.26. The van der Waals surface area contributed by atoms with E-state index in [9.17, 15) is 22.8 Å². The molecule has 0 radical (unpaired) electrons. The molecule has 0 bridgehead atoms. The van der Waals surface area contributed by atoms with E-state index in [1.807, 2.05) is 13.8 Å². The number of amides is 1. The third-order valence-electron chi connectivity index (χ3n) is 6.08. The highest BCUT2D eigenvalue weighted by Gasteiger charge is 2.40. The van der Waals surface area contributed by atoms with Crippen LogP contribution in [0.3, 0.4) is 0 Å². The molecule has 2 unspecified atom stereocenters. The summed E-state index contributed by atoms with van der Waals surface area (Å²) in [6, 6.07) is 16.5. The first-order valence-corrected chi connectivity index (χ1v) is 13.5. The highest BCUT2D eigenvalue weighted by molar-refractivity contribution is 7.91. The highest BCUT2D eigenvalue weighted by atomic mass is 32.2. The summed E-state index contributed by atoms with van der Waals surface area (Å²) < 4.78 is 57.5. The van der Waals surface area contributed by atoms with Gasteiger partial charge in [-0.15, -0.1) is 0 Å². The first-order chi connectivity index (χ1) is 18.1. The molecule has 0 saturated heterocycles. The molecular formula is C28H32FNO7S. The quantitative estimate of drug-likeness (QED) is 0.240. The van der Waals surface area contributed by atoms with Gasteiger partial charge in [-0.25, -0.2) is 18.3 Å². The average molecular weight is 546 g/mol. The molecule has 0 fully saturated rings. The Balaban J connectivity index is 2.02. The predicted molar refractivity (Wildman–Crippen MR) is 140 cm³/mol. The standard InChI is InChI=1S/C28H32FNO7S/c1-18(2)15-24(28(31)30-32)27(38(33,34)23-13-14-25(35-3)26(16-23)36-4)20-7-11-22(12-8-20)37-17-19-5-9-21(29)10-6-19/h5-14,16,18,24,27,32H,15,17H2,1-4H3,(H,30,31). The number of carbonyl (C=O) groups is 1. The van der Waals surface area contributed by atoms with Crippen LogP contribution in [-0.2, 0) is 21.2 Å². The van der Waals surface area contributed by atoms with Crippen molar-refractivity contribution in [2.24, 2.45) is 11.8 Å². The number of methoxy groups -OCH3 is 2. The van der Waals surface area contributed by atoms with Gasteiger partial charge in [-0.05, 0) is 59.9 Å². The largest absolute Gasteiger partial charge is 0.493 e. The Morgan fingerprint density at radius 2 is 1.58 bits per heavy atom. The molecule has 2 N–H and O–H groups in total. The maximum atomic E-state index is 14.0. The molecule has 3 rings (SSSR count). The number of halogens is 1. The van der Waals surface area contributed by atoms with Gasteiger partial charge in [-0.2, -0.15) is 0 Å². The Hall–Kier alpha value is -3.63. The fourth-order valence-corrected chi connectivity index (χ4v) is 6.23. The van der Waals surface area contributed by atoms with E-state index in [1.165, 1.54) is 44.6 Å². The number of ether oxygens (including phenoxy) is 3. The van der Waals surface area contributed by atoms with Crippen LogP contribution in [-0.4, -0.2) is 33.8 Å². The van der Waals surface area contributed by atoms with Gasteiger partial charge in [0.05, 0.1) is 25.0 Å². The molecule has 10 heteroatoms. The van der Waals surface area contributed by atoms with E-state index in [4.69, 9.17) is 14.2 Å². The molecule has 0 heterocycles. The van der Waals surface area contributed by atoms with Gasteiger partial charge in [-0.3, -0.25) is 10.0 Å². The fourth-order valence-electron chi connectivity index (χ4n) is 4.23. The molecule has 0 aliphatic carbocycles. The molecule has 1 amide bonds. The second-order valence-electron chi connectivity index (χ2n) is 9.18. The predicted octanol–water partition coefficient (Wildman–Crippen LogP) is 5.10. The summed E-state index contributed by atoms with van der Waals surface area (Å²) >= 11 is 0. The van der Waals surface area contributed by atoms with Crippen LogP contribution < -0.4 is 19.7 Å². The van der Waals surface area contributed by atoms with E-state index in [-0.39, 0.29) is 35.4 Å². The van der Waals surface area contributed by atoms with Crippen LogP contribution in [0.2, 0.25) is 0 Å². The van der Waals surface area contributed by atoms with Crippen molar-refractivity contribution in [3.05, 3.63) is 83.7 Å². The zero-order valence-corrected chi connectivity index (χ0v) is 22.5. The maximum Gasteiger partial charge on any atom is 0.248 e. The van der Waals surface area contributed by atoms with Crippen LogP contribution in [0.25, 0.3) is 0 Å². The van der Waals surface area contributed by atoms with Gasteiger partial charge in [-0.1, -0.05) is 38.1 Å². The minimum Gasteiger partial charge on any atom is -0.493 e. The summed E-state index contributed by atoms with van der Waals surface area (Å²) in [6.07, 6.45) is 0.201. The number of rotatable bonds is 12. The van der Waals surface area contributed by atoms with Crippen LogP contribution in [0.15, 0.2) is 71.6 Å². The molecule has 0 aliphatic heterocycles. The molecular weight excluding hydrogens is 513 g/mol. The van der Waals surface area contributed by atoms with Crippen molar-refractivity contribution in [2.75, 3.05) is 14.2 Å². The number of hydrogen-bond donors (Lipinski definition) is 2. The topological polar surface area (TPSA) is 111 Å². The Kier molecular flexibility index (Phi) is 9.71. The maximum absolute atomic E-state index is 14.0.